The van der Waals surface area contributed by atoms with Crippen LogP contribution in [-0.4, -0.2) is 11.3 Å². The van der Waals surface area contributed by atoms with Gasteiger partial charge in [-0.05, 0) is 52.8 Å². The van der Waals surface area contributed by atoms with Gasteiger partial charge in [0.1, 0.15) is 5.75 Å². The Morgan fingerprint density at radius 2 is 1.10 bits per heavy atom. The first-order valence-corrected chi connectivity index (χ1v) is 10.4. The Balaban J connectivity index is 2.10. The van der Waals surface area contributed by atoms with E-state index in [1.165, 1.54) is 0 Å². The zero-order chi connectivity index (χ0) is 21.9. The van der Waals surface area contributed by atoms with Crippen LogP contribution in [0, 0.1) is 0 Å². The molecule has 0 aliphatic rings. The van der Waals surface area contributed by atoms with Crippen LogP contribution in [0.3, 0.4) is 0 Å². The van der Waals surface area contributed by atoms with Crippen LogP contribution in [0.25, 0.3) is 0 Å². The molecule has 0 amide bonds. The van der Waals surface area contributed by atoms with E-state index >= 15 is 0 Å². The van der Waals surface area contributed by atoms with Crippen molar-refractivity contribution in [3.8, 4) is 5.75 Å². The molecule has 0 aliphatic heterocycles. The summed E-state index contributed by atoms with van der Waals surface area (Å²) < 4.78 is 0. The van der Waals surface area contributed by atoms with Crippen LogP contribution in [0.4, 0.5) is 11.4 Å². The summed E-state index contributed by atoms with van der Waals surface area (Å²) in [5.41, 5.74) is 4.47. The molecule has 0 aliphatic carbocycles. The van der Waals surface area contributed by atoms with E-state index in [0.717, 1.165) is 28.1 Å². The summed E-state index contributed by atoms with van der Waals surface area (Å²) in [7, 11) is 0. The lowest BCUT2D eigenvalue weighted by atomic mass is 9.78. The molecule has 3 nitrogen and oxygen atoms in total. The van der Waals surface area contributed by atoms with E-state index in [1.807, 2.05) is 84.0 Å². The summed E-state index contributed by atoms with van der Waals surface area (Å²) in [6.07, 6.45) is 1.88. The number of anilines is 2. The van der Waals surface area contributed by atoms with Crippen molar-refractivity contribution in [2.75, 3.05) is 5.01 Å². The topological polar surface area (TPSA) is 35.8 Å². The van der Waals surface area contributed by atoms with Crippen LogP contribution >= 0.6 is 0 Å². The predicted molar refractivity (Wildman–Crippen MR) is 128 cm³/mol. The molecule has 0 spiro atoms. The Hall–Kier alpha value is -3.07. The number of hydrogen-bond acceptors (Lipinski definition) is 3. The molecule has 0 radical (unpaired) electrons. The maximum Gasteiger partial charge on any atom is 0.123 e. The van der Waals surface area contributed by atoms with Gasteiger partial charge in [0.15, 0.2) is 0 Å². The van der Waals surface area contributed by atoms with E-state index in [-0.39, 0.29) is 10.8 Å². The largest absolute Gasteiger partial charge is 0.507 e. The number of nitrogens with zero attached hydrogens (tertiary/aromatic N) is 2. The third-order valence-corrected chi connectivity index (χ3v) is 5.07. The highest BCUT2D eigenvalue weighted by molar-refractivity contribution is 5.83. The predicted octanol–water partition coefficient (Wildman–Crippen LogP) is 7.16. The highest BCUT2D eigenvalue weighted by Gasteiger charge is 2.26. The van der Waals surface area contributed by atoms with Gasteiger partial charge in [-0.2, -0.15) is 5.10 Å². The average Bonchev–Trinajstić information content (AvgIpc) is 2.69. The smallest absolute Gasteiger partial charge is 0.123 e. The first-order valence-electron chi connectivity index (χ1n) is 10.4. The maximum atomic E-state index is 11.0. The molecule has 3 aromatic carbocycles. The van der Waals surface area contributed by atoms with Crippen molar-refractivity contribution < 1.29 is 5.11 Å². The van der Waals surface area contributed by atoms with Crippen molar-refractivity contribution in [3.63, 3.8) is 0 Å². The van der Waals surface area contributed by atoms with Gasteiger partial charge in [-0.25, -0.2) is 5.01 Å². The summed E-state index contributed by atoms with van der Waals surface area (Å²) in [4.78, 5) is 0. The quantitative estimate of drug-likeness (QED) is 0.372. The normalized spacial score (nSPS) is 12.3. The fourth-order valence-electron chi connectivity index (χ4n) is 3.42. The molecule has 3 heteroatoms. The summed E-state index contributed by atoms with van der Waals surface area (Å²) in [5, 5.41) is 17.7. The number of aromatic hydroxyl groups is 1. The maximum absolute atomic E-state index is 11.0. The highest BCUT2D eigenvalue weighted by atomic mass is 16.3. The minimum Gasteiger partial charge on any atom is -0.507 e. The number of benzene rings is 3. The molecule has 0 aromatic heterocycles. The van der Waals surface area contributed by atoms with Crippen LogP contribution in [0.1, 0.15) is 58.2 Å². The summed E-state index contributed by atoms with van der Waals surface area (Å²) >= 11 is 0. The third-order valence-electron chi connectivity index (χ3n) is 5.07. The van der Waals surface area contributed by atoms with E-state index in [9.17, 15) is 5.11 Å². The zero-order valence-corrected chi connectivity index (χ0v) is 18.8. The van der Waals surface area contributed by atoms with Gasteiger partial charge in [0.05, 0.1) is 17.6 Å². The van der Waals surface area contributed by atoms with Gasteiger partial charge in [0.2, 0.25) is 0 Å². The summed E-state index contributed by atoms with van der Waals surface area (Å²) in [5.74, 6) is 0.384. The average molecular weight is 401 g/mol. The first-order chi connectivity index (χ1) is 14.1. The molecule has 0 fully saturated rings. The molecule has 0 heterocycles. The van der Waals surface area contributed by atoms with E-state index in [4.69, 9.17) is 5.10 Å². The third kappa shape index (κ3) is 4.91. The van der Waals surface area contributed by atoms with Crippen molar-refractivity contribution in [2.24, 2.45) is 5.10 Å². The molecule has 3 aromatic rings. The van der Waals surface area contributed by atoms with E-state index in [1.54, 1.807) is 0 Å². The Kier molecular flexibility index (Phi) is 6.02. The lowest BCUT2D eigenvalue weighted by Gasteiger charge is -2.28. The van der Waals surface area contributed by atoms with Gasteiger partial charge in [0, 0.05) is 11.1 Å². The molecular formula is C27H32N2O. The van der Waals surface area contributed by atoms with Crippen molar-refractivity contribution >= 4 is 17.6 Å². The van der Waals surface area contributed by atoms with Crippen molar-refractivity contribution in [1.82, 2.24) is 0 Å². The van der Waals surface area contributed by atoms with Crippen LogP contribution in [0.15, 0.2) is 77.9 Å². The molecule has 0 atom stereocenters. The highest BCUT2D eigenvalue weighted by Crippen LogP contribution is 2.39. The van der Waals surface area contributed by atoms with Gasteiger partial charge >= 0.3 is 0 Å². The zero-order valence-electron chi connectivity index (χ0n) is 18.8. The molecule has 0 bridgehead atoms. The number of phenols is 1. The van der Waals surface area contributed by atoms with Crippen LogP contribution in [0.5, 0.6) is 5.75 Å². The van der Waals surface area contributed by atoms with Crippen LogP contribution < -0.4 is 5.01 Å². The van der Waals surface area contributed by atoms with E-state index in [2.05, 4.69) is 41.5 Å². The molecule has 30 heavy (non-hydrogen) atoms. The SMILES string of the molecule is CC(C)(C)c1cc(/C=N\N(c2ccccc2)c2ccccc2)cc(C(C)(C)C)c1O. The molecule has 1 N–H and O–H groups in total. The fraction of sp³-hybridized carbons (Fsp3) is 0.296. The fourth-order valence-corrected chi connectivity index (χ4v) is 3.42. The Bertz CT molecular complexity index is 936. The number of hydrogen-bond donors (Lipinski definition) is 1. The van der Waals surface area contributed by atoms with E-state index in [0.29, 0.717) is 5.75 Å². The molecule has 0 saturated heterocycles. The minimum atomic E-state index is -0.174. The van der Waals surface area contributed by atoms with Crippen molar-refractivity contribution in [1.29, 1.82) is 0 Å². The van der Waals surface area contributed by atoms with Gasteiger partial charge in [-0.3, -0.25) is 0 Å². The van der Waals surface area contributed by atoms with Crippen LogP contribution in [-0.2, 0) is 10.8 Å². The van der Waals surface area contributed by atoms with Gasteiger partial charge < -0.3 is 5.11 Å². The monoisotopic (exact) mass is 400 g/mol. The minimum absolute atomic E-state index is 0.174. The standard InChI is InChI=1S/C27H32N2O/c1-26(2,3)23-17-20(18-24(25(23)30)27(4,5)6)19-28-29(21-13-9-7-10-14-21)22-15-11-8-12-16-22/h7-19,30H,1-6H3/b28-19-. The Morgan fingerprint density at radius 1 is 0.700 bits per heavy atom. The molecular weight excluding hydrogens is 368 g/mol. The Labute approximate surface area is 180 Å². The summed E-state index contributed by atoms with van der Waals surface area (Å²) in [6.45, 7) is 12.7. The van der Waals surface area contributed by atoms with Crippen molar-refractivity contribution in [3.05, 3.63) is 89.5 Å². The number of rotatable bonds is 4. The lowest BCUT2D eigenvalue weighted by molar-refractivity contribution is 0.423. The summed E-state index contributed by atoms with van der Waals surface area (Å²) in [6, 6.07) is 24.3. The van der Waals surface area contributed by atoms with Crippen molar-refractivity contribution in [2.45, 2.75) is 52.4 Å². The molecule has 0 saturated carbocycles. The molecule has 0 unspecified atom stereocenters. The van der Waals surface area contributed by atoms with Crippen LogP contribution in [0.2, 0.25) is 0 Å². The number of para-hydroxylation sites is 2. The second kappa shape index (κ2) is 8.35. The van der Waals surface area contributed by atoms with E-state index < -0.39 is 0 Å². The molecule has 3 rings (SSSR count). The lowest BCUT2D eigenvalue weighted by Crippen LogP contribution is -2.18. The second-order valence-electron chi connectivity index (χ2n) is 9.69. The first kappa shape index (κ1) is 21.6. The second-order valence-corrected chi connectivity index (χ2v) is 9.69. The number of phenolic OH excluding ortho intramolecular Hbond substituents is 1. The molecule has 156 valence electrons. The van der Waals surface area contributed by atoms with Gasteiger partial charge in [-0.15, -0.1) is 0 Å². The number of hydrazone groups is 1. The van der Waals surface area contributed by atoms with Gasteiger partial charge in [0.25, 0.3) is 0 Å². The Morgan fingerprint density at radius 3 is 1.47 bits per heavy atom. The van der Waals surface area contributed by atoms with Gasteiger partial charge in [-0.1, -0.05) is 77.9 Å².